The van der Waals surface area contributed by atoms with Crippen molar-refractivity contribution >= 4 is 14.2 Å². The Morgan fingerprint density at radius 1 is 1.14 bits per heavy atom. The highest BCUT2D eigenvalue weighted by atomic mass is 31.1. The summed E-state index contributed by atoms with van der Waals surface area (Å²) in [5.74, 6) is -0.317. The summed E-state index contributed by atoms with van der Waals surface area (Å²) in [6, 6.07) is 0. The van der Waals surface area contributed by atoms with Gasteiger partial charge in [0.15, 0.2) is 0 Å². The summed E-state index contributed by atoms with van der Waals surface area (Å²) in [5, 5.41) is 0. The molecule has 0 fully saturated rings. The molecule has 0 aromatic carbocycles. The molecule has 0 aromatic rings. The first kappa shape index (κ1) is 21.2. The van der Waals surface area contributed by atoms with Gasteiger partial charge in [0.25, 0.3) is 0 Å². The average molecular weight is 333 g/mol. The SMILES string of the molecule is C=C(C)C(=O)OC(CCC)(CCC)CCCCCO[P+](=O)O. The van der Waals surface area contributed by atoms with Crippen LogP contribution in [0.4, 0.5) is 0 Å². The minimum atomic E-state index is -2.50. The van der Waals surface area contributed by atoms with Crippen LogP contribution in [0, 0.1) is 0 Å². The van der Waals surface area contributed by atoms with Crippen LogP contribution in [-0.2, 0) is 18.6 Å². The predicted molar refractivity (Wildman–Crippen MR) is 87.7 cm³/mol. The monoisotopic (exact) mass is 333 g/mol. The molecular formula is C16H30O5P+. The van der Waals surface area contributed by atoms with E-state index in [1.54, 1.807) is 6.92 Å². The van der Waals surface area contributed by atoms with Crippen molar-refractivity contribution in [1.82, 2.24) is 0 Å². The maximum Gasteiger partial charge on any atom is 0.694 e. The van der Waals surface area contributed by atoms with Gasteiger partial charge < -0.3 is 4.74 Å². The molecule has 1 atom stereocenters. The van der Waals surface area contributed by atoms with Crippen LogP contribution < -0.4 is 0 Å². The van der Waals surface area contributed by atoms with Crippen molar-refractivity contribution in [2.45, 2.75) is 77.7 Å². The molecule has 22 heavy (non-hydrogen) atoms. The van der Waals surface area contributed by atoms with Crippen molar-refractivity contribution in [2.75, 3.05) is 6.61 Å². The lowest BCUT2D eigenvalue weighted by atomic mass is 9.86. The molecule has 1 unspecified atom stereocenters. The largest absolute Gasteiger partial charge is 0.694 e. The van der Waals surface area contributed by atoms with Crippen LogP contribution in [0.15, 0.2) is 12.2 Å². The Labute approximate surface area is 135 Å². The van der Waals surface area contributed by atoms with E-state index in [9.17, 15) is 9.36 Å². The topological polar surface area (TPSA) is 72.8 Å². The minimum Gasteiger partial charge on any atom is -0.456 e. The number of ether oxygens (including phenoxy) is 1. The van der Waals surface area contributed by atoms with E-state index in [4.69, 9.17) is 9.63 Å². The van der Waals surface area contributed by atoms with Crippen molar-refractivity contribution in [3.63, 3.8) is 0 Å². The highest BCUT2D eigenvalue weighted by Crippen LogP contribution is 2.31. The average Bonchev–Trinajstić information content (AvgIpc) is 2.42. The van der Waals surface area contributed by atoms with Crippen molar-refractivity contribution in [3.05, 3.63) is 12.2 Å². The van der Waals surface area contributed by atoms with Crippen molar-refractivity contribution in [3.8, 4) is 0 Å². The second-order valence-corrected chi connectivity index (χ2v) is 6.47. The zero-order valence-electron chi connectivity index (χ0n) is 14.1. The van der Waals surface area contributed by atoms with Gasteiger partial charge >= 0.3 is 14.2 Å². The summed E-state index contributed by atoms with van der Waals surface area (Å²) >= 11 is 0. The molecule has 0 bridgehead atoms. The van der Waals surface area contributed by atoms with E-state index < -0.39 is 13.9 Å². The van der Waals surface area contributed by atoms with Crippen LogP contribution in [-0.4, -0.2) is 23.1 Å². The molecule has 128 valence electrons. The summed E-state index contributed by atoms with van der Waals surface area (Å²) < 4.78 is 20.8. The lowest BCUT2D eigenvalue weighted by Gasteiger charge is -2.33. The van der Waals surface area contributed by atoms with Crippen molar-refractivity contribution in [1.29, 1.82) is 0 Å². The minimum absolute atomic E-state index is 0.284. The van der Waals surface area contributed by atoms with Crippen LogP contribution in [0.3, 0.4) is 0 Å². The Morgan fingerprint density at radius 3 is 2.18 bits per heavy atom. The van der Waals surface area contributed by atoms with E-state index in [1.165, 1.54) is 0 Å². The summed E-state index contributed by atoms with van der Waals surface area (Å²) in [7, 11) is -2.50. The van der Waals surface area contributed by atoms with Crippen molar-refractivity contribution < 1.29 is 23.5 Å². The van der Waals surface area contributed by atoms with Crippen LogP contribution in [0.2, 0.25) is 0 Å². The number of rotatable bonds is 13. The summed E-state index contributed by atoms with van der Waals surface area (Å²) in [6.07, 6.45) is 6.91. The van der Waals surface area contributed by atoms with Crippen LogP contribution in [0.1, 0.15) is 72.1 Å². The zero-order chi connectivity index (χ0) is 17.0. The zero-order valence-corrected chi connectivity index (χ0v) is 15.0. The number of esters is 1. The highest BCUT2D eigenvalue weighted by Gasteiger charge is 2.32. The second kappa shape index (κ2) is 11.8. The molecule has 5 nitrogen and oxygen atoms in total. The van der Waals surface area contributed by atoms with Gasteiger partial charge in [-0.1, -0.05) is 39.7 Å². The standard InChI is InChI=1S/C16H29O5P/c1-5-10-16(11-6-2,21-15(17)14(3)4)12-8-7-9-13-20-22(18)19/h3,5-13H2,1-2,4H3/p+1. The third-order valence-corrected chi connectivity index (χ3v) is 3.95. The molecule has 0 aliphatic rings. The maximum atomic E-state index is 11.9. The molecule has 1 N–H and O–H groups in total. The normalized spacial score (nSPS) is 12.1. The van der Waals surface area contributed by atoms with Gasteiger partial charge in [-0.25, -0.2) is 4.79 Å². The second-order valence-electron chi connectivity index (χ2n) is 5.73. The van der Waals surface area contributed by atoms with Gasteiger partial charge in [0.1, 0.15) is 12.2 Å². The van der Waals surface area contributed by atoms with E-state index in [1.807, 2.05) is 0 Å². The van der Waals surface area contributed by atoms with Gasteiger partial charge in [0.05, 0.1) is 0 Å². The summed E-state index contributed by atoms with van der Waals surface area (Å²) in [5.41, 5.74) is 0.0134. The maximum absolute atomic E-state index is 11.9. The molecule has 0 aliphatic carbocycles. The Hall–Kier alpha value is -0.770. The fourth-order valence-corrected chi connectivity index (χ4v) is 2.88. The Morgan fingerprint density at radius 2 is 1.73 bits per heavy atom. The smallest absolute Gasteiger partial charge is 0.456 e. The van der Waals surface area contributed by atoms with Gasteiger partial charge in [-0.2, -0.15) is 0 Å². The summed E-state index contributed by atoms with van der Waals surface area (Å²) in [6.45, 7) is 9.78. The first-order valence-electron chi connectivity index (χ1n) is 8.04. The molecule has 0 radical (unpaired) electrons. The van der Waals surface area contributed by atoms with E-state index in [0.29, 0.717) is 5.57 Å². The molecule has 0 heterocycles. The molecule has 0 saturated carbocycles. The molecule has 6 heteroatoms. The van der Waals surface area contributed by atoms with E-state index in [0.717, 1.165) is 51.4 Å². The highest BCUT2D eigenvalue weighted by molar-refractivity contribution is 7.32. The van der Waals surface area contributed by atoms with Gasteiger partial charge in [0.2, 0.25) is 0 Å². The van der Waals surface area contributed by atoms with Gasteiger partial charge in [-0.05, 0) is 39.0 Å². The fourth-order valence-electron chi connectivity index (χ4n) is 2.59. The van der Waals surface area contributed by atoms with Crippen LogP contribution >= 0.6 is 8.25 Å². The number of carbonyl (C=O) groups is 1. The van der Waals surface area contributed by atoms with Crippen LogP contribution in [0.5, 0.6) is 0 Å². The number of hydrogen-bond donors (Lipinski definition) is 1. The first-order valence-corrected chi connectivity index (χ1v) is 9.17. The van der Waals surface area contributed by atoms with E-state index in [2.05, 4.69) is 25.0 Å². The summed E-state index contributed by atoms with van der Waals surface area (Å²) in [4.78, 5) is 20.5. The van der Waals surface area contributed by atoms with E-state index in [-0.39, 0.29) is 12.6 Å². The quantitative estimate of drug-likeness (QED) is 0.229. The van der Waals surface area contributed by atoms with Crippen molar-refractivity contribution in [2.24, 2.45) is 0 Å². The number of unbranched alkanes of at least 4 members (excludes halogenated alkanes) is 2. The molecule has 0 rings (SSSR count). The lowest BCUT2D eigenvalue weighted by Crippen LogP contribution is -2.35. The Balaban J connectivity index is 4.47. The molecule has 0 aliphatic heterocycles. The number of carbonyl (C=O) groups excluding carboxylic acids is 1. The third kappa shape index (κ3) is 9.29. The molecule has 0 aromatic heterocycles. The third-order valence-electron chi connectivity index (χ3n) is 3.55. The fraction of sp³-hybridized carbons (Fsp3) is 0.812. The molecule has 0 spiro atoms. The molecular weight excluding hydrogens is 303 g/mol. The van der Waals surface area contributed by atoms with Gasteiger partial charge in [0, 0.05) is 10.1 Å². The molecule has 0 amide bonds. The number of hydrogen-bond acceptors (Lipinski definition) is 4. The molecule has 0 saturated heterocycles. The predicted octanol–water partition coefficient (Wildman–Crippen LogP) is 4.67. The van der Waals surface area contributed by atoms with Crippen LogP contribution in [0.25, 0.3) is 0 Å². The Kier molecular flexibility index (Phi) is 11.3. The van der Waals surface area contributed by atoms with E-state index >= 15 is 0 Å². The van der Waals surface area contributed by atoms with Gasteiger partial charge in [-0.3, -0.25) is 0 Å². The lowest BCUT2D eigenvalue weighted by molar-refractivity contribution is -0.157. The van der Waals surface area contributed by atoms with Gasteiger partial charge in [-0.15, -0.1) is 9.42 Å². The Bertz CT molecular complexity index is 362. The first-order chi connectivity index (χ1) is 10.4.